The van der Waals surface area contributed by atoms with Crippen LogP contribution < -0.4 is 0 Å². The maximum absolute atomic E-state index is 5.11. The fraction of sp³-hybridized carbons (Fsp3) is 0.182. The summed E-state index contributed by atoms with van der Waals surface area (Å²) >= 11 is 0. The van der Waals surface area contributed by atoms with Gasteiger partial charge in [-0.15, -0.1) is 0 Å². The lowest BCUT2D eigenvalue weighted by atomic mass is 10.1. The number of hydrogen-bond acceptors (Lipinski definition) is 3. The third-order valence-electron chi connectivity index (χ3n) is 2.12. The van der Waals surface area contributed by atoms with E-state index in [2.05, 4.69) is 4.99 Å². The van der Waals surface area contributed by atoms with Crippen LogP contribution >= 0.6 is 0 Å². The zero-order valence-electron chi connectivity index (χ0n) is 8.15. The molecule has 0 radical (unpaired) electrons. The molecule has 0 atom stereocenters. The minimum absolute atomic E-state index is 0.499. The van der Waals surface area contributed by atoms with Crippen LogP contribution in [-0.4, -0.2) is 20.4 Å². The first-order valence-corrected chi connectivity index (χ1v) is 4.32. The van der Waals surface area contributed by atoms with Crippen LogP contribution in [0.2, 0.25) is 0 Å². The topological polar surface area (TPSA) is 30.8 Å². The number of methoxy groups -OCH3 is 2. The van der Waals surface area contributed by atoms with E-state index in [9.17, 15) is 0 Å². The Bertz CT molecular complexity index is 402. The lowest BCUT2D eigenvalue weighted by Gasteiger charge is -2.06. The normalized spacial score (nSPS) is 12.6. The van der Waals surface area contributed by atoms with Crippen molar-refractivity contribution < 1.29 is 9.47 Å². The monoisotopic (exact) mass is 189 g/mol. The first kappa shape index (κ1) is 8.81. The Kier molecular flexibility index (Phi) is 2.23. The van der Waals surface area contributed by atoms with Crippen LogP contribution in [0.15, 0.2) is 35.2 Å². The smallest absolute Gasteiger partial charge is 0.288 e. The standard InChI is InChI=1S/C11H11NO2/c1-13-11(14-2)9-7-12-10-6-4-3-5-8(9)10/h3-7H,1-2H3. The van der Waals surface area contributed by atoms with Crippen LogP contribution in [0.25, 0.3) is 5.57 Å². The van der Waals surface area contributed by atoms with Gasteiger partial charge < -0.3 is 9.47 Å². The van der Waals surface area contributed by atoms with Gasteiger partial charge in [0.25, 0.3) is 5.95 Å². The van der Waals surface area contributed by atoms with Gasteiger partial charge in [-0.05, 0) is 6.07 Å². The number of nitrogens with zero attached hydrogens (tertiary/aromatic N) is 1. The third kappa shape index (κ3) is 1.27. The number of ether oxygens (including phenoxy) is 2. The van der Waals surface area contributed by atoms with E-state index < -0.39 is 0 Å². The molecule has 1 aliphatic rings. The first-order valence-electron chi connectivity index (χ1n) is 4.32. The van der Waals surface area contributed by atoms with Crippen LogP contribution in [0.1, 0.15) is 5.56 Å². The van der Waals surface area contributed by atoms with Gasteiger partial charge in [0.05, 0.1) is 25.5 Å². The molecule has 0 fully saturated rings. The molecule has 0 unspecified atom stereocenters. The van der Waals surface area contributed by atoms with E-state index in [1.807, 2.05) is 24.3 Å². The van der Waals surface area contributed by atoms with E-state index in [1.54, 1.807) is 20.4 Å². The van der Waals surface area contributed by atoms with Gasteiger partial charge in [0.15, 0.2) is 0 Å². The van der Waals surface area contributed by atoms with Crippen LogP contribution in [0, 0.1) is 0 Å². The van der Waals surface area contributed by atoms with Crippen LogP contribution in [0.5, 0.6) is 0 Å². The van der Waals surface area contributed by atoms with Crippen molar-refractivity contribution in [3.8, 4) is 0 Å². The molecule has 0 aliphatic carbocycles. The highest BCUT2D eigenvalue weighted by atomic mass is 16.7. The Labute approximate surface area is 82.7 Å². The molecule has 0 amide bonds. The van der Waals surface area contributed by atoms with Gasteiger partial charge in [0.2, 0.25) is 0 Å². The molecule has 1 aromatic carbocycles. The summed E-state index contributed by atoms with van der Waals surface area (Å²) in [6, 6.07) is 7.88. The average molecular weight is 189 g/mol. The maximum Gasteiger partial charge on any atom is 0.288 e. The van der Waals surface area contributed by atoms with Gasteiger partial charge in [-0.3, -0.25) is 4.99 Å². The number of hydrogen-bond donors (Lipinski definition) is 0. The van der Waals surface area contributed by atoms with E-state index >= 15 is 0 Å². The molecule has 0 bridgehead atoms. The molecule has 0 saturated carbocycles. The van der Waals surface area contributed by atoms with Crippen molar-refractivity contribution in [2.45, 2.75) is 0 Å². The van der Waals surface area contributed by atoms with Gasteiger partial charge in [0, 0.05) is 11.8 Å². The second kappa shape index (κ2) is 3.54. The van der Waals surface area contributed by atoms with E-state index in [-0.39, 0.29) is 0 Å². The van der Waals surface area contributed by atoms with E-state index in [1.165, 1.54) is 0 Å². The van der Waals surface area contributed by atoms with E-state index in [0.717, 1.165) is 16.8 Å². The molecule has 0 N–H and O–H groups in total. The number of fused-ring (bicyclic) bond motifs is 1. The Balaban J connectivity index is 2.53. The fourth-order valence-corrected chi connectivity index (χ4v) is 1.48. The summed E-state index contributed by atoms with van der Waals surface area (Å²) < 4.78 is 10.2. The van der Waals surface area contributed by atoms with Crippen molar-refractivity contribution in [2.75, 3.05) is 14.2 Å². The number of para-hydroxylation sites is 1. The molecule has 3 heteroatoms. The third-order valence-corrected chi connectivity index (χ3v) is 2.12. The number of aliphatic imine (C=N–C) groups is 1. The summed E-state index contributed by atoms with van der Waals surface area (Å²) in [5.41, 5.74) is 2.89. The second-order valence-corrected chi connectivity index (χ2v) is 2.88. The zero-order chi connectivity index (χ0) is 9.97. The highest BCUT2D eigenvalue weighted by molar-refractivity contribution is 6.16. The van der Waals surface area contributed by atoms with Crippen molar-refractivity contribution in [1.82, 2.24) is 0 Å². The summed E-state index contributed by atoms with van der Waals surface area (Å²) in [6.07, 6.45) is 1.76. The van der Waals surface area contributed by atoms with Gasteiger partial charge in [-0.1, -0.05) is 18.2 Å². The molecule has 14 heavy (non-hydrogen) atoms. The second-order valence-electron chi connectivity index (χ2n) is 2.88. The van der Waals surface area contributed by atoms with Gasteiger partial charge in [0.1, 0.15) is 0 Å². The summed E-state index contributed by atoms with van der Waals surface area (Å²) in [7, 11) is 3.17. The predicted octanol–water partition coefficient (Wildman–Crippen LogP) is 2.36. The molecule has 0 spiro atoms. The van der Waals surface area contributed by atoms with Crippen molar-refractivity contribution in [3.63, 3.8) is 0 Å². The number of benzene rings is 1. The fourth-order valence-electron chi connectivity index (χ4n) is 1.48. The maximum atomic E-state index is 5.11. The highest BCUT2D eigenvalue weighted by Crippen LogP contribution is 2.32. The van der Waals surface area contributed by atoms with Crippen LogP contribution in [0.4, 0.5) is 5.69 Å². The first-order chi connectivity index (χ1) is 6.86. The Hall–Kier alpha value is -1.77. The Morgan fingerprint density at radius 1 is 1.14 bits per heavy atom. The largest absolute Gasteiger partial charge is 0.468 e. The molecule has 0 saturated heterocycles. The quantitative estimate of drug-likeness (QED) is 0.668. The van der Waals surface area contributed by atoms with Gasteiger partial charge >= 0.3 is 0 Å². The number of rotatable bonds is 2. The molecular weight excluding hydrogens is 178 g/mol. The SMILES string of the molecule is COC(OC)=C1C=Nc2ccccc21. The molecule has 1 heterocycles. The minimum atomic E-state index is 0.499. The summed E-state index contributed by atoms with van der Waals surface area (Å²) in [4.78, 5) is 4.25. The summed E-state index contributed by atoms with van der Waals surface area (Å²) in [5.74, 6) is 0.499. The lowest BCUT2D eigenvalue weighted by Crippen LogP contribution is -1.95. The Morgan fingerprint density at radius 3 is 2.57 bits per heavy atom. The average Bonchev–Trinajstić information content (AvgIpc) is 2.65. The van der Waals surface area contributed by atoms with Crippen LogP contribution in [-0.2, 0) is 9.47 Å². The molecule has 3 nitrogen and oxygen atoms in total. The molecule has 1 aliphatic heterocycles. The van der Waals surface area contributed by atoms with E-state index in [4.69, 9.17) is 9.47 Å². The Morgan fingerprint density at radius 2 is 1.86 bits per heavy atom. The van der Waals surface area contributed by atoms with Crippen molar-refractivity contribution in [3.05, 3.63) is 35.8 Å². The molecule has 0 aromatic heterocycles. The number of allylic oxidation sites excluding steroid dienone is 1. The predicted molar refractivity (Wildman–Crippen MR) is 55.5 cm³/mol. The van der Waals surface area contributed by atoms with Gasteiger partial charge in [-0.25, -0.2) is 0 Å². The molecular formula is C11H11NO2. The van der Waals surface area contributed by atoms with E-state index in [0.29, 0.717) is 5.95 Å². The molecule has 1 aromatic rings. The van der Waals surface area contributed by atoms with Crippen molar-refractivity contribution in [1.29, 1.82) is 0 Å². The molecule has 72 valence electrons. The molecule has 2 rings (SSSR count). The van der Waals surface area contributed by atoms with Crippen molar-refractivity contribution >= 4 is 17.5 Å². The summed E-state index contributed by atoms with van der Waals surface area (Å²) in [5, 5.41) is 0. The lowest BCUT2D eigenvalue weighted by molar-refractivity contribution is 0.0990. The highest BCUT2D eigenvalue weighted by Gasteiger charge is 2.16. The minimum Gasteiger partial charge on any atom is -0.468 e. The summed E-state index contributed by atoms with van der Waals surface area (Å²) in [6.45, 7) is 0. The van der Waals surface area contributed by atoms with Crippen molar-refractivity contribution in [2.24, 2.45) is 4.99 Å². The zero-order valence-corrected chi connectivity index (χ0v) is 8.15. The van der Waals surface area contributed by atoms with Gasteiger partial charge in [-0.2, -0.15) is 0 Å². The van der Waals surface area contributed by atoms with Crippen LogP contribution in [0.3, 0.4) is 0 Å².